The fourth-order valence-corrected chi connectivity index (χ4v) is 3.55. The number of amides is 1. The summed E-state index contributed by atoms with van der Waals surface area (Å²) in [5.74, 6) is -0.757. The minimum atomic E-state index is -1.35. The van der Waals surface area contributed by atoms with E-state index in [1.54, 1.807) is 12.4 Å². The molecule has 0 radical (unpaired) electrons. The molecule has 138 valence electrons. The van der Waals surface area contributed by atoms with Crippen molar-refractivity contribution in [3.63, 3.8) is 0 Å². The Morgan fingerprint density at radius 3 is 2.96 bits per heavy atom. The van der Waals surface area contributed by atoms with Gasteiger partial charge in [0.25, 0.3) is 5.91 Å². The van der Waals surface area contributed by atoms with E-state index in [-0.39, 0.29) is 23.8 Å². The van der Waals surface area contributed by atoms with Crippen LogP contribution in [0.1, 0.15) is 12.0 Å². The van der Waals surface area contributed by atoms with Crippen LogP contribution in [0.3, 0.4) is 0 Å². The summed E-state index contributed by atoms with van der Waals surface area (Å²) < 4.78 is 25.0. The number of rotatable bonds is 3. The molecule has 0 saturated heterocycles. The zero-order chi connectivity index (χ0) is 19.0. The maximum Gasteiger partial charge on any atom is 0.261 e. The summed E-state index contributed by atoms with van der Waals surface area (Å²) in [6.07, 6.45) is 3.58. The van der Waals surface area contributed by atoms with Gasteiger partial charge in [-0.15, -0.1) is 0 Å². The summed E-state index contributed by atoms with van der Waals surface area (Å²) in [5, 5.41) is 4.57. The van der Waals surface area contributed by atoms with E-state index >= 15 is 0 Å². The molecule has 0 unspecified atom stereocenters. The van der Waals surface area contributed by atoms with Gasteiger partial charge in [0, 0.05) is 42.1 Å². The molecule has 1 atom stereocenters. The Labute approximate surface area is 160 Å². The first-order chi connectivity index (χ1) is 13.0. The van der Waals surface area contributed by atoms with Gasteiger partial charge in [-0.05, 0) is 6.07 Å². The SMILES string of the molecule is CO[C@@]1(C(=O)Nc2cncc3ccccc23)CCOc2cc(F)c(Cl)cc21. The lowest BCUT2D eigenvalue weighted by molar-refractivity contribution is -0.142. The number of hydrogen-bond acceptors (Lipinski definition) is 4. The summed E-state index contributed by atoms with van der Waals surface area (Å²) in [6.45, 7) is 0.211. The Kier molecular flexibility index (Phi) is 4.45. The number of ether oxygens (including phenoxy) is 2. The number of aromatic nitrogens is 1. The van der Waals surface area contributed by atoms with Gasteiger partial charge in [-0.25, -0.2) is 4.39 Å². The van der Waals surface area contributed by atoms with Crippen molar-refractivity contribution in [2.45, 2.75) is 12.0 Å². The monoisotopic (exact) mass is 386 g/mol. The molecule has 27 heavy (non-hydrogen) atoms. The number of hydrogen-bond donors (Lipinski definition) is 1. The van der Waals surface area contributed by atoms with Crippen molar-refractivity contribution in [1.82, 2.24) is 4.98 Å². The van der Waals surface area contributed by atoms with Crippen LogP contribution in [0, 0.1) is 5.82 Å². The fraction of sp³-hybridized carbons (Fsp3) is 0.200. The molecule has 1 amide bonds. The second-order valence-electron chi connectivity index (χ2n) is 6.25. The van der Waals surface area contributed by atoms with Crippen LogP contribution in [0.2, 0.25) is 5.02 Å². The normalized spacial score (nSPS) is 18.6. The van der Waals surface area contributed by atoms with Crippen molar-refractivity contribution in [3.8, 4) is 5.75 Å². The molecule has 0 fully saturated rings. The highest BCUT2D eigenvalue weighted by molar-refractivity contribution is 6.31. The number of benzene rings is 2. The van der Waals surface area contributed by atoms with E-state index in [0.717, 1.165) is 10.8 Å². The zero-order valence-electron chi connectivity index (χ0n) is 14.5. The highest BCUT2D eigenvalue weighted by atomic mass is 35.5. The van der Waals surface area contributed by atoms with Gasteiger partial charge in [0.2, 0.25) is 0 Å². The molecule has 1 N–H and O–H groups in total. The minimum absolute atomic E-state index is 0.0969. The summed E-state index contributed by atoms with van der Waals surface area (Å²) in [4.78, 5) is 17.4. The summed E-state index contributed by atoms with van der Waals surface area (Å²) in [6, 6.07) is 10.2. The van der Waals surface area contributed by atoms with Crippen molar-refractivity contribution in [2.24, 2.45) is 0 Å². The maximum atomic E-state index is 13.8. The molecule has 5 nitrogen and oxygen atoms in total. The molecule has 2 heterocycles. The molecule has 1 aliphatic heterocycles. The molecule has 3 aromatic rings. The molecule has 4 rings (SSSR count). The molecule has 0 saturated carbocycles. The van der Waals surface area contributed by atoms with Gasteiger partial charge in [-0.3, -0.25) is 9.78 Å². The van der Waals surface area contributed by atoms with Crippen LogP contribution in [0.15, 0.2) is 48.8 Å². The second kappa shape index (κ2) is 6.79. The number of carbonyl (C=O) groups is 1. The first-order valence-corrected chi connectivity index (χ1v) is 8.74. The van der Waals surface area contributed by atoms with E-state index < -0.39 is 17.3 Å². The molecule has 0 aliphatic carbocycles. The number of nitrogens with zero attached hydrogens (tertiary/aromatic N) is 1. The molecule has 1 aromatic heterocycles. The minimum Gasteiger partial charge on any atom is -0.493 e. The zero-order valence-corrected chi connectivity index (χ0v) is 15.2. The van der Waals surface area contributed by atoms with Crippen LogP contribution in [0.5, 0.6) is 5.75 Å². The molecular weight excluding hydrogens is 371 g/mol. The third kappa shape index (κ3) is 2.91. The predicted molar refractivity (Wildman–Crippen MR) is 101 cm³/mol. The van der Waals surface area contributed by atoms with E-state index in [0.29, 0.717) is 11.3 Å². The molecule has 0 spiro atoms. The van der Waals surface area contributed by atoms with E-state index in [4.69, 9.17) is 21.1 Å². The lowest BCUT2D eigenvalue weighted by atomic mass is 9.86. The Bertz CT molecular complexity index is 1040. The van der Waals surface area contributed by atoms with E-state index in [1.807, 2.05) is 24.3 Å². The number of fused-ring (bicyclic) bond motifs is 2. The highest BCUT2D eigenvalue weighted by Crippen LogP contribution is 2.42. The highest BCUT2D eigenvalue weighted by Gasteiger charge is 2.45. The number of halogens is 2. The van der Waals surface area contributed by atoms with Crippen molar-refractivity contribution in [2.75, 3.05) is 19.0 Å². The summed E-state index contributed by atoms with van der Waals surface area (Å²) in [5.41, 5.74) is -0.383. The van der Waals surface area contributed by atoms with Crippen LogP contribution >= 0.6 is 11.6 Å². The lowest BCUT2D eigenvalue weighted by Gasteiger charge is -2.36. The summed E-state index contributed by atoms with van der Waals surface area (Å²) >= 11 is 5.95. The average molecular weight is 387 g/mol. The number of carbonyl (C=O) groups excluding carboxylic acids is 1. The smallest absolute Gasteiger partial charge is 0.261 e. The standard InChI is InChI=1S/C20H16ClFN2O3/c1-26-20(6-7-27-18-9-16(22)15(21)8-14(18)20)19(25)24-17-11-23-10-12-4-2-3-5-13(12)17/h2-5,8-11H,6-7H2,1H3,(H,24,25)/t20-/m0/s1. The molecule has 1 aliphatic rings. The van der Waals surface area contributed by atoms with Gasteiger partial charge < -0.3 is 14.8 Å². The topological polar surface area (TPSA) is 60.5 Å². The van der Waals surface area contributed by atoms with Crippen LogP contribution in [-0.2, 0) is 15.1 Å². The van der Waals surface area contributed by atoms with Crippen molar-refractivity contribution in [1.29, 1.82) is 0 Å². The number of anilines is 1. The summed E-state index contributed by atoms with van der Waals surface area (Å²) in [7, 11) is 1.44. The fourth-order valence-electron chi connectivity index (χ4n) is 3.38. The lowest BCUT2D eigenvalue weighted by Crippen LogP contribution is -2.45. The number of nitrogens with one attached hydrogen (secondary N) is 1. The molecule has 0 bridgehead atoms. The number of methoxy groups -OCH3 is 1. The Morgan fingerprint density at radius 2 is 2.15 bits per heavy atom. The molecule has 7 heteroatoms. The third-order valence-corrected chi connectivity index (χ3v) is 5.09. The van der Waals surface area contributed by atoms with Gasteiger partial charge in [-0.1, -0.05) is 35.9 Å². The van der Waals surface area contributed by atoms with Crippen molar-refractivity contribution in [3.05, 3.63) is 65.2 Å². The molecule has 2 aromatic carbocycles. The van der Waals surface area contributed by atoms with Crippen LogP contribution in [0.25, 0.3) is 10.8 Å². The van der Waals surface area contributed by atoms with Gasteiger partial charge in [0.05, 0.1) is 23.5 Å². The van der Waals surface area contributed by atoms with Crippen LogP contribution < -0.4 is 10.1 Å². The van der Waals surface area contributed by atoms with Gasteiger partial charge in [0.1, 0.15) is 11.6 Å². The van der Waals surface area contributed by atoms with Crippen molar-refractivity contribution < 1.29 is 18.7 Å². The van der Waals surface area contributed by atoms with E-state index in [2.05, 4.69) is 10.3 Å². The Balaban J connectivity index is 1.77. The number of pyridine rings is 1. The van der Waals surface area contributed by atoms with Gasteiger partial charge in [-0.2, -0.15) is 0 Å². The first-order valence-electron chi connectivity index (χ1n) is 8.37. The van der Waals surface area contributed by atoms with Crippen LogP contribution in [0.4, 0.5) is 10.1 Å². The predicted octanol–water partition coefficient (Wildman–Crippen LogP) is 4.29. The molecular formula is C20H16ClFN2O3. The van der Waals surface area contributed by atoms with E-state index in [9.17, 15) is 9.18 Å². The van der Waals surface area contributed by atoms with Crippen LogP contribution in [-0.4, -0.2) is 24.6 Å². The first kappa shape index (κ1) is 17.7. The van der Waals surface area contributed by atoms with Gasteiger partial charge >= 0.3 is 0 Å². The maximum absolute atomic E-state index is 13.8. The van der Waals surface area contributed by atoms with Crippen molar-refractivity contribution >= 4 is 34.0 Å². The Hall–Kier alpha value is -2.70. The van der Waals surface area contributed by atoms with Gasteiger partial charge in [0.15, 0.2) is 5.60 Å². The Morgan fingerprint density at radius 1 is 1.33 bits per heavy atom. The quantitative estimate of drug-likeness (QED) is 0.729. The average Bonchev–Trinajstić information content (AvgIpc) is 2.69. The second-order valence-corrected chi connectivity index (χ2v) is 6.66. The van der Waals surface area contributed by atoms with E-state index in [1.165, 1.54) is 19.2 Å². The largest absolute Gasteiger partial charge is 0.493 e. The third-order valence-electron chi connectivity index (χ3n) is 4.80.